The molecule has 0 aliphatic rings. The maximum atomic E-state index is 4.35. The number of hydrogen-bond acceptors (Lipinski definition) is 0. The highest BCUT2D eigenvalue weighted by Crippen LogP contribution is 2.15. The zero-order valence-corrected chi connectivity index (χ0v) is 15.7. The zero-order chi connectivity index (χ0) is 17.2. The quantitative estimate of drug-likeness (QED) is 0.505. The van der Waals surface area contributed by atoms with E-state index < -0.39 is 8.07 Å². The second-order valence-corrected chi connectivity index (χ2v) is 10.1. The Bertz CT molecular complexity index is 766. The van der Waals surface area contributed by atoms with Crippen LogP contribution >= 0.6 is 0 Å². The Morgan fingerprint density at radius 2 is 0.875 bits per heavy atom. The minimum absolute atomic E-state index is 1.34. The van der Waals surface area contributed by atoms with Crippen LogP contribution in [0.15, 0.2) is 85.1 Å². The van der Waals surface area contributed by atoms with Crippen molar-refractivity contribution in [2.45, 2.75) is 20.8 Å². The predicted molar refractivity (Wildman–Crippen MR) is 108 cm³/mol. The topological polar surface area (TPSA) is 0 Å². The maximum absolute atomic E-state index is 4.35. The largest absolute Gasteiger partial charge is 0.172 e. The number of aryl methyl sites for hydroxylation is 3. The molecule has 0 bridgehead atoms. The van der Waals surface area contributed by atoms with Crippen molar-refractivity contribution in [3.63, 3.8) is 0 Å². The number of hydrogen-bond donors (Lipinski definition) is 0. The molecule has 0 nitrogen and oxygen atoms in total. The van der Waals surface area contributed by atoms with Crippen molar-refractivity contribution in [1.29, 1.82) is 0 Å². The van der Waals surface area contributed by atoms with Gasteiger partial charge in [0.2, 0.25) is 0 Å². The first kappa shape index (κ1) is 16.5. The maximum Gasteiger partial charge on any atom is 0.172 e. The summed E-state index contributed by atoms with van der Waals surface area (Å²) in [6, 6.07) is 26.4. The summed E-state index contributed by atoms with van der Waals surface area (Å²) in [6.45, 7) is 11.0. The van der Waals surface area contributed by atoms with Crippen LogP contribution in [0.2, 0.25) is 0 Å². The van der Waals surface area contributed by atoms with E-state index in [0.717, 1.165) is 0 Å². The van der Waals surface area contributed by atoms with Gasteiger partial charge in [-0.15, -0.1) is 6.58 Å². The molecule has 24 heavy (non-hydrogen) atoms. The molecule has 0 N–H and O–H groups in total. The summed E-state index contributed by atoms with van der Waals surface area (Å²) in [4.78, 5) is 0. The minimum atomic E-state index is -2.27. The molecule has 1 heteroatoms. The van der Waals surface area contributed by atoms with Crippen LogP contribution in [0.25, 0.3) is 0 Å². The first-order valence-corrected chi connectivity index (χ1v) is 10.5. The molecule has 0 atom stereocenters. The Morgan fingerprint density at radius 3 is 1.12 bits per heavy atom. The van der Waals surface area contributed by atoms with Crippen LogP contribution in [0, 0.1) is 20.8 Å². The monoisotopic (exact) mass is 328 g/mol. The van der Waals surface area contributed by atoms with E-state index in [1.54, 1.807) is 0 Å². The van der Waals surface area contributed by atoms with Gasteiger partial charge in [0.05, 0.1) is 0 Å². The molecule has 0 aromatic heterocycles. The second-order valence-electron chi connectivity index (χ2n) is 6.46. The van der Waals surface area contributed by atoms with Gasteiger partial charge in [0.15, 0.2) is 8.07 Å². The summed E-state index contributed by atoms with van der Waals surface area (Å²) in [7, 11) is -2.27. The van der Waals surface area contributed by atoms with Crippen molar-refractivity contribution in [2.24, 2.45) is 0 Å². The Morgan fingerprint density at radius 1 is 0.583 bits per heavy atom. The molecule has 0 aliphatic heterocycles. The van der Waals surface area contributed by atoms with Crippen LogP contribution in [0.5, 0.6) is 0 Å². The predicted octanol–water partition coefficient (Wildman–Crippen LogP) is 3.81. The molecule has 0 unspecified atom stereocenters. The fourth-order valence-electron chi connectivity index (χ4n) is 3.81. The third kappa shape index (κ3) is 2.55. The average molecular weight is 329 g/mol. The van der Waals surface area contributed by atoms with Crippen LogP contribution < -0.4 is 15.6 Å². The summed E-state index contributed by atoms with van der Waals surface area (Å²) in [5.74, 6) is 0. The van der Waals surface area contributed by atoms with Gasteiger partial charge >= 0.3 is 0 Å². The molecule has 0 saturated heterocycles. The third-order valence-corrected chi connectivity index (χ3v) is 9.86. The highest BCUT2D eigenvalue weighted by molar-refractivity contribution is 7.15. The molecule has 3 rings (SSSR count). The van der Waals surface area contributed by atoms with E-state index in [2.05, 4.69) is 106 Å². The van der Waals surface area contributed by atoms with Crippen molar-refractivity contribution in [2.75, 3.05) is 0 Å². The molecule has 120 valence electrons. The highest BCUT2D eigenvalue weighted by atomic mass is 28.3. The lowest BCUT2D eigenvalue weighted by Gasteiger charge is -2.34. The Balaban J connectivity index is 2.46. The molecular weight excluding hydrogens is 304 g/mol. The lowest BCUT2D eigenvalue weighted by Crippen LogP contribution is -2.67. The van der Waals surface area contributed by atoms with Gasteiger partial charge in [0.25, 0.3) is 0 Å². The molecular formula is C23H24Si. The van der Waals surface area contributed by atoms with Crippen molar-refractivity contribution in [3.8, 4) is 0 Å². The van der Waals surface area contributed by atoms with Crippen LogP contribution in [-0.4, -0.2) is 8.07 Å². The fourth-order valence-corrected chi connectivity index (χ4v) is 8.53. The first-order valence-electron chi connectivity index (χ1n) is 8.43. The van der Waals surface area contributed by atoms with Gasteiger partial charge in [-0.25, -0.2) is 0 Å². The van der Waals surface area contributed by atoms with Gasteiger partial charge < -0.3 is 0 Å². The smallest absolute Gasteiger partial charge is 0.106 e. The lowest BCUT2D eigenvalue weighted by molar-refractivity contribution is 1.46. The Kier molecular flexibility index (Phi) is 4.54. The van der Waals surface area contributed by atoms with Crippen molar-refractivity contribution in [3.05, 3.63) is 102 Å². The average Bonchev–Trinajstić information content (AvgIpc) is 2.60. The standard InChI is InChI=1S/C23H24Si/c1-5-24(21-15-9-6-12-18(21)2,22-16-10-7-13-19(22)3)23-17-11-8-14-20(23)4/h5-17H,1H2,2-4H3. The van der Waals surface area contributed by atoms with Gasteiger partial charge in [-0.1, -0.05) is 95.2 Å². The molecule has 0 heterocycles. The highest BCUT2D eigenvalue weighted by Gasteiger charge is 2.39. The number of benzene rings is 3. The molecule has 0 radical (unpaired) electrons. The lowest BCUT2D eigenvalue weighted by atomic mass is 10.2. The van der Waals surface area contributed by atoms with E-state index >= 15 is 0 Å². The van der Waals surface area contributed by atoms with Crippen LogP contribution in [0.3, 0.4) is 0 Å². The zero-order valence-electron chi connectivity index (χ0n) is 14.7. The van der Waals surface area contributed by atoms with Crippen molar-refractivity contribution >= 4 is 23.6 Å². The normalized spacial score (nSPS) is 11.3. The van der Waals surface area contributed by atoms with Crippen LogP contribution in [0.4, 0.5) is 0 Å². The van der Waals surface area contributed by atoms with E-state index in [0.29, 0.717) is 0 Å². The fraction of sp³-hybridized carbons (Fsp3) is 0.130. The molecule has 0 amide bonds. The summed E-state index contributed by atoms with van der Waals surface area (Å²) < 4.78 is 0. The van der Waals surface area contributed by atoms with Gasteiger partial charge in [-0.05, 0) is 36.3 Å². The Labute approximate surface area is 146 Å². The summed E-state index contributed by atoms with van der Waals surface area (Å²) in [5, 5.41) is 4.30. The van der Waals surface area contributed by atoms with Crippen LogP contribution in [0.1, 0.15) is 16.7 Å². The molecule has 0 saturated carbocycles. The van der Waals surface area contributed by atoms with E-state index in [1.807, 2.05) is 0 Å². The third-order valence-electron chi connectivity index (χ3n) is 5.02. The Hall–Kier alpha value is -2.38. The molecule has 0 aliphatic carbocycles. The minimum Gasteiger partial charge on any atom is -0.106 e. The molecule has 0 fully saturated rings. The van der Waals surface area contributed by atoms with E-state index in [1.165, 1.54) is 32.3 Å². The second kappa shape index (κ2) is 6.62. The molecule has 0 spiro atoms. The van der Waals surface area contributed by atoms with Crippen LogP contribution in [-0.2, 0) is 0 Å². The summed E-state index contributed by atoms with van der Waals surface area (Å²) in [6.07, 6.45) is 0. The van der Waals surface area contributed by atoms with Gasteiger partial charge in [0.1, 0.15) is 0 Å². The number of rotatable bonds is 4. The van der Waals surface area contributed by atoms with Gasteiger partial charge in [0, 0.05) is 0 Å². The molecule has 3 aromatic rings. The van der Waals surface area contributed by atoms with Crippen molar-refractivity contribution < 1.29 is 0 Å². The van der Waals surface area contributed by atoms with Crippen molar-refractivity contribution in [1.82, 2.24) is 0 Å². The van der Waals surface area contributed by atoms with Gasteiger partial charge in [-0.3, -0.25) is 0 Å². The van der Waals surface area contributed by atoms with E-state index in [4.69, 9.17) is 0 Å². The first-order chi connectivity index (χ1) is 11.6. The van der Waals surface area contributed by atoms with Gasteiger partial charge in [-0.2, -0.15) is 0 Å². The van der Waals surface area contributed by atoms with E-state index in [9.17, 15) is 0 Å². The summed E-state index contributed by atoms with van der Waals surface area (Å²) in [5.41, 5.74) is 6.28. The van der Waals surface area contributed by atoms with E-state index in [-0.39, 0.29) is 0 Å². The SMILES string of the molecule is C=C[Si](c1ccccc1C)(c1ccccc1C)c1ccccc1C. The molecule has 3 aromatic carbocycles. The summed E-state index contributed by atoms with van der Waals surface area (Å²) >= 11 is 0.